The summed E-state index contributed by atoms with van der Waals surface area (Å²) in [4.78, 5) is 8.41. The van der Waals surface area contributed by atoms with Crippen LogP contribution < -0.4 is 0 Å². The first kappa shape index (κ1) is 10.7. The molecule has 0 amide bonds. The third kappa shape index (κ3) is 2.10. The molecule has 0 aliphatic carbocycles. The first-order chi connectivity index (χ1) is 6.77. The third-order valence-corrected chi connectivity index (χ3v) is 1.87. The highest BCUT2D eigenvalue weighted by atomic mass is 15.0. The normalized spacial score (nSPS) is 10.1. The molecule has 0 fully saturated rings. The molecule has 0 atom stereocenters. The number of hydrogen-bond donors (Lipinski definition) is 0. The summed E-state index contributed by atoms with van der Waals surface area (Å²) in [6, 6.07) is 0. The molecule has 2 aromatic heterocycles. The zero-order valence-electron chi connectivity index (χ0n) is 9.23. The number of aromatic nitrogens is 3. The van der Waals surface area contributed by atoms with E-state index in [0.29, 0.717) is 5.92 Å². The zero-order chi connectivity index (χ0) is 10.6. The molecule has 0 aromatic carbocycles. The molecule has 3 heteroatoms. The zero-order valence-corrected chi connectivity index (χ0v) is 9.23. The predicted octanol–water partition coefficient (Wildman–Crippen LogP) is 2.88. The highest BCUT2D eigenvalue weighted by Gasteiger charge is 2.03. The summed E-state index contributed by atoms with van der Waals surface area (Å²) in [7, 11) is 0. The van der Waals surface area contributed by atoms with E-state index in [2.05, 4.69) is 23.8 Å². The van der Waals surface area contributed by atoms with Crippen LogP contribution in [-0.4, -0.2) is 14.4 Å². The van der Waals surface area contributed by atoms with Gasteiger partial charge in [0.15, 0.2) is 5.65 Å². The molecule has 0 saturated heterocycles. The molecule has 14 heavy (non-hydrogen) atoms. The van der Waals surface area contributed by atoms with Crippen LogP contribution in [0.4, 0.5) is 0 Å². The molecule has 0 bridgehead atoms. The van der Waals surface area contributed by atoms with Gasteiger partial charge in [-0.1, -0.05) is 27.7 Å². The first-order valence-electron chi connectivity index (χ1n) is 5.06. The van der Waals surface area contributed by atoms with Crippen molar-refractivity contribution in [2.45, 2.75) is 33.6 Å². The standard InChI is InChI=1S/C9H11N3.C2H6/c1-7(2)8-6-12-4-3-10-5-9(12)11-8;1-2/h3-7H,1-2H3;1-2H3. The van der Waals surface area contributed by atoms with Crippen LogP contribution in [0.15, 0.2) is 24.8 Å². The lowest BCUT2D eigenvalue weighted by Crippen LogP contribution is -1.84. The SMILES string of the molecule is CC.CC(C)c1cn2ccncc2n1. The average Bonchev–Trinajstić information content (AvgIpc) is 2.64. The minimum absolute atomic E-state index is 0.477. The van der Waals surface area contributed by atoms with E-state index in [1.54, 1.807) is 12.4 Å². The van der Waals surface area contributed by atoms with Crippen LogP contribution in [0.2, 0.25) is 0 Å². The Hall–Kier alpha value is -1.38. The van der Waals surface area contributed by atoms with Crippen LogP contribution in [0, 0.1) is 0 Å². The Labute approximate surface area is 84.8 Å². The summed E-state index contributed by atoms with van der Waals surface area (Å²) in [5.74, 6) is 0.477. The first-order valence-corrected chi connectivity index (χ1v) is 5.06. The van der Waals surface area contributed by atoms with Gasteiger partial charge in [0.1, 0.15) is 0 Å². The summed E-state index contributed by atoms with van der Waals surface area (Å²) in [5, 5.41) is 0. The van der Waals surface area contributed by atoms with Gasteiger partial charge in [-0.3, -0.25) is 4.98 Å². The molecule has 0 radical (unpaired) electrons. The van der Waals surface area contributed by atoms with Crippen molar-refractivity contribution in [3.63, 3.8) is 0 Å². The molecule has 0 unspecified atom stereocenters. The van der Waals surface area contributed by atoms with Crippen LogP contribution in [0.3, 0.4) is 0 Å². The van der Waals surface area contributed by atoms with E-state index in [-0.39, 0.29) is 0 Å². The molecule has 76 valence electrons. The monoisotopic (exact) mass is 191 g/mol. The van der Waals surface area contributed by atoms with E-state index in [9.17, 15) is 0 Å². The number of rotatable bonds is 1. The fourth-order valence-corrected chi connectivity index (χ4v) is 1.14. The van der Waals surface area contributed by atoms with Gasteiger partial charge >= 0.3 is 0 Å². The lowest BCUT2D eigenvalue weighted by Gasteiger charge is -1.94. The minimum atomic E-state index is 0.477. The van der Waals surface area contributed by atoms with E-state index >= 15 is 0 Å². The molecule has 2 rings (SSSR count). The van der Waals surface area contributed by atoms with E-state index in [0.717, 1.165) is 11.3 Å². The fraction of sp³-hybridized carbons (Fsp3) is 0.455. The van der Waals surface area contributed by atoms with Crippen molar-refractivity contribution in [3.05, 3.63) is 30.5 Å². The summed E-state index contributed by atoms with van der Waals surface area (Å²) in [6.07, 6.45) is 7.49. The van der Waals surface area contributed by atoms with Gasteiger partial charge in [-0.2, -0.15) is 0 Å². The van der Waals surface area contributed by atoms with Crippen LogP contribution in [0.5, 0.6) is 0 Å². The minimum Gasteiger partial charge on any atom is -0.304 e. The largest absolute Gasteiger partial charge is 0.304 e. The lowest BCUT2D eigenvalue weighted by molar-refractivity contribution is 0.834. The van der Waals surface area contributed by atoms with E-state index < -0.39 is 0 Å². The maximum absolute atomic E-state index is 4.41. The van der Waals surface area contributed by atoms with Crippen molar-refractivity contribution in [1.29, 1.82) is 0 Å². The molecule has 0 saturated carbocycles. The molecule has 3 nitrogen and oxygen atoms in total. The number of imidazole rings is 1. The van der Waals surface area contributed by atoms with Crippen molar-refractivity contribution in [3.8, 4) is 0 Å². The van der Waals surface area contributed by atoms with Crippen molar-refractivity contribution in [1.82, 2.24) is 14.4 Å². The van der Waals surface area contributed by atoms with Gasteiger partial charge in [-0.25, -0.2) is 4.98 Å². The van der Waals surface area contributed by atoms with Crippen LogP contribution in [-0.2, 0) is 0 Å². The summed E-state index contributed by atoms with van der Waals surface area (Å²) in [5.41, 5.74) is 2.03. The van der Waals surface area contributed by atoms with Crippen molar-refractivity contribution >= 4 is 5.65 Å². The van der Waals surface area contributed by atoms with Gasteiger partial charge in [-0.15, -0.1) is 0 Å². The van der Waals surface area contributed by atoms with Gasteiger partial charge in [0, 0.05) is 18.6 Å². The molecule has 0 aliphatic heterocycles. The Kier molecular flexibility index (Phi) is 3.63. The molecular weight excluding hydrogens is 174 g/mol. The van der Waals surface area contributed by atoms with E-state index in [1.165, 1.54) is 0 Å². The second-order valence-corrected chi connectivity index (χ2v) is 3.16. The smallest absolute Gasteiger partial charge is 0.155 e. The van der Waals surface area contributed by atoms with Crippen molar-refractivity contribution in [2.75, 3.05) is 0 Å². The molecule has 2 heterocycles. The van der Waals surface area contributed by atoms with Crippen LogP contribution >= 0.6 is 0 Å². The fourth-order valence-electron chi connectivity index (χ4n) is 1.14. The highest BCUT2D eigenvalue weighted by molar-refractivity contribution is 5.37. The maximum Gasteiger partial charge on any atom is 0.155 e. The van der Waals surface area contributed by atoms with E-state index in [1.807, 2.05) is 30.6 Å². The molecule has 0 spiro atoms. The second-order valence-electron chi connectivity index (χ2n) is 3.16. The second kappa shape index (κ2) is 4.74. The summed E-state index contributed by atoms with van der Waals surface area (Å²) in [6.45, 7) is 8.27. The van der Waals surface area contributed by atoms with E-state index in [4.69, 9.17) is 0 Å². The van der Waals surface area contributed by atoms with Gasteiger partial charge in [0.25, 0.3) is 0 Å². The predicted molar refractivity (Wildman–Crippen MR) is 58.4 cm³/mol. The quantitative estimate of drug-likeness (QED) is 0.693. The van der Waals surface area contributed by atoms with Crippen LogP contribution in [0.25, 0.3) is 5.65 Å². The molecule has 2 aromatic rings. The molecule has 0 N–H and O–H groups in total. The van der Waals surface area contributed by atoms with Crippen molar-refractivity contribution < 1.29 is 0 Å². The Morgan fingerprint density at radius 1 is 1.29 bits per heavy atom. The topological polar surface area (TPSA) is 30.2 Å². The average molecular weight is 191 g/mol. The molecule has 0 aliphatic rings. The van der Waals surface area contributed by atoms with Gasteiger partial charge in [-0.05, 0) is 5.92 Å². The number of hydrogen-bond acceptors (Lipinski definition) is 2. The lowest BCUT2D eigenvalue weighted by atomic mass is 10.2. The van der Waals surface area contributed by atoms with Gasteiger partial charge < -0.3 is 4.40 Å². The Morgan fingerprint density at radius 3 is 2.57 bits per heavy atom. The summed E-state index contributed by atoms with van der Waals surface area (Å²) < 4.78 is 1.99. The van der Waals surface area contributed by atoms with Crippen LogP contribution in [0.1, 0.15) is 39.3 Å². The van der Waals surface area contributed by atoms with Gasteiger partial charge in [0.05, 0.1) is 11.9 Å². The third-order valence-electron chi connectivity index (χ3n) is 1.87. The Bertz CT molecular complexity index is 357. The number of nitrogens with zero attached hydrogens (tertiary/aromatic N) is 3. The molecular formula is C11H17N3. The maximum atomic E-state index is 4.41. The van der Waals surface area contributed by atoms with Gasteiger partial charge in [0.2, 0.25) is 0 Å². The highest BCUT2D eigenvalue weighted by Crippen LogP contribution is 2.12. The Morgan fingerprint density at radius 2 is 2.00 bits per heavy atom. The summed E-state index contributed by atoms with van der Waals surface area (Å²) >= 11 is 0. The Balaban J connectivity index is 0.000000461. The number of fused-ring (bicyclic) bond motifs is 1. The van der Waals surface area contributed by atoms with Crippen molar-refractivity contribution in [2.24, 2.45) is 0 Å².